The Labute approximate surface area is 113 Å². The summed E-state index contributed by atoms with van der Waals surface area (Å²) in [4.78, 5) is 12.1. The normalized spacial score (nSPS) is 13.7. The zero-order valence-corrected chi connectivity index (χ0v) is 11.7. The minimum Gasteiger partial charge on any atom is -0.492 e. The molecule has 0 radical (unpaired) electrons. The number of rotatable bonds is 4. The maximum Gasteiger partial charge on any atom is 0.251 e. The summed E-state index contributed by atoms with van der Waals surface area (Å²) < 4.78 is 5.56. The summed E-state index contributed by atoms with van der Waals surface area (Å²) >= 11 is 0. The molecule has 19 heavy (non-hydrogen) atoms. The average Bonchev–Trinajstić information content (AvgIpc) is 2.30. The summed E-state index contributed by atoms with van der Waals surface area (Å²) in [6.45, 7) is 8.00. The second-order valence-corrected chi connectivity index (χ2v) is 4.72. The summed E-state index contributed by atoms with van der Waals surface area (Å²) in [6, 6.07) is 5.78. The van der Waals surface area contributed by atoms with Crippen molar-refractivity contribution in [1.82, 2.24) is 5.32 Å². The molecule has 1 aliphatic heterocycles. The summed E-state index contributed by atoms with van der Waals surface area (Å²) in [5.41, 5.74) is 3.80. The Morgan fingerprint density at radius 1 is 1.42 bits per heavy atom. The van der Waals surface area contributed by atoms with Crippen LogP contribution in [0.25, 0.3) is 0 Å². The standard InChI is InChI=1S/C15H20N2O2/c1-4-19-14-7-10(2)5-6-13(14)17-15(18)11(3)12-8-16-9-12/h5-7,16H,4,8-9H2,1-3H3,(H,17,18). The lowest BCUT2D eigenvalue weighted by atomic mass is 10.0. The van der Waals surface area contributed by atoms with E-state index in [0.29, 0.717) is 6.61 Å². The molecule has 0 bridgehead atoms. The fourth-order valence-electron chi connectivity index (χ4n) is 1.90. The van der Waals surface area contributed by atoms with E-state index in [9.17, 15) is 4.79 Å². The van der Waals surface area contributed by atoms with E-state index in [1.54, 1.807) is 0 Å². The largest absolute Gasteiger partial charge is 0.492 e. The molecule has 4 nitrogen and oxygen atoms in total. The minimum atomic E-state index is -0.0543. The smallest absolute Gasteiger partial charge is 0.251 e. The molecule has 102 valence electrons. The number of aryl methyl sites for hydroxylation is 1. The van der Waals surface area contributed by atoms with Crippen molar-refractivity contribution in [1.29, 1.82) is 0 Å². The molecule has 1 fully saturated rings. The van der Waals surface area contributed by atoms with Crippen LogP contribution in [0, 0.1) is 6.92 Å². The maximum atomic E-state index is 12.1. The molecule has 1 saturated heterocycles. The van der Waals surface area contributed by atoms with E-state index < -0.39 is 0 Å². The fourth-order valence-corrected chi connectivity index (χ4v) is 1.90. The van der Waals surface area contributed by atoms with E-state index in [-0.39, 0.29) is 5.91 Å². The second kappa shape index (κ2) is 5.89. The monoisotopic (exact) mass is 260 g/mol. The van der Waals surface area contributed by atoms with Crippen molar-refractivity contribution in [3.8, 4) is 5.75 Å². The molecular weight excluding hydrogens is 240 g/mol. The molecule has 0 spiro atoms. The van der Waals surface area contributed by atoms with Crippen LogP contribution in [0.2, 0.25) is 0 Å². The molecule has 4 heteroatoms. The topological polar surface area (TPSA) is 50.4 Å². The van der Waals surface area contributed by atoms with Gasteiger partial charge in [0, 0.05) is 18.7 Å². The van der Waals surface area contributed by atoms with Gasteiger partial charge >= 0.3 is 0 Å². The molecule has 1 aliphatic rings. The first-order chi connectivity index (χ1) is 9.11. The lowest BCUT2D eigenvalue weighted by Gasteiger charge is -2.21. The van der Waals surface area contributed by atoms with Gasteiger partial charge in [0.2, 0.25) is 0 Å². The quantitative estimate of drug-likeness (QED) is 0.816. The first-order valence-electron chi connectivity index (χ1n) is 6.56. The van der Waals surface area contributed by atoms with Crippen molar-refractivity contribution in [2.24, 2.45) is 0 Å². The van der Waals surface area contributed by atoms with Crippen LogP contribution in [0.4, 0.5) is 5.69 Å². The lowest BCUT2D eigenvalue weighted by Crippen LogP contribution is -2.36. The van der Waals surface area contributed by atoms with Gasteiger partial charge in [-0.25, -0.2) is 0 Å². The Bertz CT molecular complexity index is 515. The number of hydrogen-bond donors (Lipinski definition) is 2. The Balaban J connectivity index is 2.16. The van der Waals surface area contributed by atoms with Gasteiger partial charge in [0.15, 0.2) is 0 Å². The number of benzene rings is 1. The zero-order valence-electron chi connectivity index (χ0n) is 11.7. The van der Waals surface area contributed by atoms with Crippen molar-refractivity contribution in [2.75, 3.05) is 25.0 Å². The van der Waals surface area contributed by atoms with Gasteiger partial charge in [0.05, 0.1) is 12.3 Å². The van der Waals surface area contributed by atoms with Crippen LogP contribution in [-0.2, 0) is 4.79 Å². The Morgan fingerprint density at radius 3 is 2.74 bits per heavy atom. The van der Waals surface area contributed by atoms with Crippen LogP contribution >= 0.6 is 0 Å². The van der Waals surface area contributed by atoms with Crippen molar-refractivity contribution in [3.63, 3.8) is 0 Å². The van der Waals surface area contributed by atoms with Gasteiger partial charge in [-0.15, -0.1) is 0 Å². The lowest BCUT2D eigenvalue weighted by molar-refractivity contribution is -0.112. The summed E-state index contributed by atoms with van der Waals surface area (Å²) in [5, 5.41) is 6.06. The molecule has 1 aromatic carbocycles. The van der Waals surface area contributed by atoms with Crippen LogP contribution in [0.15, 0.2) is 29.3 Å². The molecule has 1 heterocycles. The van der Waals surface area contributed by atoms with Crippen LogP contribution in [-0.4, -0.2) is 25.6 Å². The van der Waals surface area contributed by atoms with Gasteiger partial charge in [0.25, 0.3) is 5.91 Å². The summed E-state index contributed by atoms with van der Waals surface area (Å²) in [6.07, 6.45) is 0. The van der Waals surface area contributed by atoms with Crippen LogP contribution in [0.1, 0.15) is 19.4 Å². The van der Waals surface area contributed by atoms with Gasteiger partial charge in [-0.2, -0.15) is 0 Å². The van der Waals surface area contributed by atoms with Gasteiger partial charge in [-0.05, 0) is 44.0 Å². The molecule has 0 aliphatic carbocycles. The number of nitrogens with one attached hydrogen (secondary N) is 2. The molecule has 0 aromatic heterocycles. The first-order valence-corrected chi connectivity index (χ1v) is 6.56. The molecular formula is C15H20N2O2. The molecule has 0 atom stereocenters. The number of amides is 1. The van der Waals surface area contributed by atoms with Gasteiger partial charge in [-0.1, -0.05) is 6.07 Å². The predicted molar refractivity (Wildman–Crippen MR) is 76.5 cm³/mol. The van der Waals surface area contributed by atoms with Crippen LogP contribution in [0.5, 0.6) is 5.75 Å². The van der Waals surface area contributed by atoms with Crippen molar-refractivity contribution >= 4 is 11.6 Å². The maximum absolute atomic E-state index is 12.1. The molecule has 1 amide bonds. The SMILES string of the molecule is CCOc1cc(C)ccc1NC(=O)C(C)=C1CNC1. The zero-order chi connectivity index (χ0) is 13.8. The van der Waals surface area contributed by atoms with Gasteiger partial charge < -0.3 is 15.4 Å². The van der Waals surface area contributed by atoms with Crippen LogP contribution in [0.3, 0.4) is 0 Å². The molecule has 2 rings (SSSR count). The van der Waals surface area contributed by atoms with Gasteiger partial charge in [-0.3, -0.25) is 4.79 Å². The fraction of sp³-hybridized carbons (Fsp3) is 0.400. The third kappa shape index (κ3) is 3.15. The van der Waals surface area contributed by atoms with E-state index in [2.05, 4.69) is 10.6 Å². The van der Waals surface area contributed by atoms with E-state index in [1.807, 2.05) is 39.0 Å². The van der Waals surface area contributed by atoms with Crippen molar-refractivity contribution in [2.45, 2.75) is 20.8 Å². The van der Waals surface area contributed by atoms with Crippen molar-refractivity contribution < 1.29 is 9.53 Å². The number of carbonyl (C=O) groups excluding carboxylic acids is 1. The summed E-state index contributed by atoms with van der Waals surface area (Å²) in [5.74, 6) is 0.668. The number of anilines is 1. The van der Waals surface area contributed by atoms with Crippen molar-refractivity contribution in [3.05, 3.63) is 34.9 Å². The number of hydrogen-bond acceptors (Lipinski definition) is 3. The highest BCUT2D eigenvalue weighted by atomic mass is 16.5. The Morgan fingerprint density at radius 2 is 2.16 bits per heavy atom. The third-order valence-corrected chi connectivity index (χ3v) is 3.23. The number of ether oxygens (including phenoxy) is 1. The Hall–Kier alpha value is -1.81. The highest BCUT2D eigenvalue weighted by Crippen LogP contribution is 2.26. The highest BCUT2D eigenvalue weighted by Gasteiger charge is 2.17. The first kappa shape index (κ1) is 13.6. The van der Waals surface area contributed by atoms with E-state index in [1.165, 1.54) is 5.57 Å². The molecule has 0 unspecified atom stereocenters. The van der Waals surface area contributed by atoms with Crippen LogP contribution < -0.4 is 15.4 Å². The Kier molecular flexibility index (Phi) is 4.22. The van der Waals surface area contributed by atoms with E-state index in [0.717, 1.165) is 35.7 Å². The minimum absolute atomic E-state index is 0.0543. The second-order valence-electron chi connectivity index (χ2n) is 4.72. The average molecular weight is 260 g/mol. The molecule has 0 saturated carbocycles. The molecule has 1 aromatic rings. The number of carbonyl (C=O) groups is 1. The predicted octanol–water partition coefficient (Wildman–Crippen LogP) is 2.25. The molecule has 2 N–H and O–H groups in total. The van der Waals surface area contributed by atoms with E-state index >= 15 is 0 Å². The third-order valence-electron chi connectivity index (χ3n) is 3.23. The van der Waals surface area contributed by atoms with E-state index in [4.69, 9.17) is 4.74 Å². The van der Waals surface area contributed by atoms with Gasteiger partial charge in [0.1, 0.15) is 5.75 Å². The summed E-state index contributed by atoms with van der Waals surface area (Å²) in [7, 11) is 0. The highest BCUT2D eigenvalue weighted by molar-refractivity contribution is 6.04.